The lowest BCUT2D eigenvalue weighted by Gasteiger charge is -2.19. The van der Waals surface area contributed by atoms with Crippen molar-refractivity contribution < 1.29 is 15.0 Å². The first-order valence-electron chi connectivity index (χ1n) is 26.7. The van der Waals surface area contributed by atoms with Crippen LogP contribution in [0.15, 0.2) is 158 Å². The van der Waals surface area contributed by atoms with Gasteiger partial charge in [0.25, 0.3) is 0 Å². The van der Waals surface area contributed by atoms with Crippen LogP contribution in [-0.2, 0) is 4.79 Å². The summed E-state index contributed by atoms with van der Waals surface area (Å²) in [6.07, 6.45) is 89.5. The van der Waals surface area contributed by atoms with E-state index in [1.54, 1.807) is 6.08 Å². The molecule has 1 amide bonds. The van der Waals surface area contributed by atoms with Gasteiger partial charge < -0.3 is 15.5 Å². The lowest BCUT2D eigenvalue weighted by atomic mass is 10.1. The molecule has 0 spiro atoms. The van der Waals surface area contributed by atoms with Crippen LogP contribution in [0.1, 0.15) is 206 Å². The Morgan fingerprint density at radius 3 is 1.06 bits per heavy atom. The van der Waals surface area contributed by atoms with E-state index in [2.05, 4.69) is 165 Å². The number of amides is 1. The molecule has 0 aliphatic rings. The molecule has 4 heteroatoms. The Morgan fingerprint density at radius 2 is 0.682 bits per heavy atom. The molecule has 2 atom stereocenters. The summed E-state index contributed by atoms with van der Waals surface area (Å²) in [6.45, 7) is 4.15. The Labute approximate surface area is 407 Å². The predicted octanol–water partition coefficient (Wildman–Crippen LogP) is 17.8. The van der Waals surface area contributed by atoms with Gasteiger partial charge in [0, 0.05) is 6.42 Å². The third-order valence-corrected chi connectivity index (χ3v) is 11.0. The van der Waals surface area contributed by atoms with Gasteiger partial charge in [-0.2, -0.15) is 0 Å². The number of aliphatic hydroxyl groups is 2. The summed E-state index contributed by atoms with van der Waals surface area (Å²) in [7, 11) is 0. The number of carbonyl (C=O) groups is 1. The first-order valence-corrected chi connectivity index (χ1v) is 26.7. The average molecular weight is 906 g/mol. The standard InChI is InChI=1S/C62H99NO3/c1-3-5-7-9-11-13-15-17-19-21-22-23-24-25-26-27-28-29-30-31-32-33-34-35-36-37-38-39-40-42-44-46-48-50-52-54-56-58-62(66)63-60(59-64)61(65)57-55-53-51-49-47-45-43-41-20-18-16-14-12-10-8-6-4-2/h5,7,11,13,17,19,22-23,25-26,28-29,31-32,34-35,37-38,40,42,46-49,55,57,60-61,64-65H,3-4,6,8-10,12,14-16,18,20-21,24,27,30,33,36,39,41,43-45,50-54,56,58-59H2,1-2H3,(H,63,66)/b7-5-,13-11-,19-17-,23-22-,26-25-,29-28-,32-31-,35-34-,38-37-,42-40-,48-46-,49-47+,57-55+. The van der Waals surface area contributed by atoms with E-state index in [0.29, 0.717) is 6.42 Å². The molecule has 0 saturated heterocycles. The summed E-state index contributed by atoms with van der Waals surface area (Å²) in [5.74, 6) is -0.113. The molecular formula is C62H99NO3. The predicted molar refractivity (Wildman–Crippen MR) is 294 cm³/mol. The largest absolute Gasteiger partial charge is 0.394 e. The number of hydrogen-bond acceptors (Lipinski definition) is 3. The number of allylic oxidation sites excluding steroid dienone is 25. The van der Waals surface area contributed by atoms with Crippen LogP contribution in [-0.4, -0.2) is 34.9 Å². The Kier molecular flexibility index (Phi) is 52.0. The highest BCUT2D eigenvalue weighted by Crippen LogP contribution is 2.13. The van der Waals surface area contributed by atoms with Crippen molar-refractivity contribution in [3.05, 3.63) is 158 Å². The van der Waals surface area contributed by atoms with Gasteiger partial charge in [-0.1, -0.05) is 242 Å². The zero-order valence-electron chi connectivity index (χ0n) is 42.4. The van der Waals surface area contributed by atoms with Crippen molar-refractivity contribution in [1.82, 2.24) is 5.32 Å². The number of nitrogens with one attached hydrogen (secondary N) is 1. The van der Waals surface area contributed by atoms with Gasteiger partial charge in [-0.15, -0.1) is 0 Å². The van der Waals surface area contributed by atoms with Crippen LogP contribution in [0.25, 0.3) is 0 Å². The van der Waals surface area contributed by atoms with Crippen LogP contribution in [0.5, 0.6) is 0 Å². The second kappa shape index (κ2) is 55.3. The topological polar surface area (TPSA) is 69.6 Å². The minimum atomic E-state index is -0.888. The minimum Gasteiger partial charge on any atom is -0.394 e. The van der Waals surface area contributed by atoms with E-state index >= 15 is 0 Å². The Morgan fingerprint density at radius 1 is 0.379 bits per heavy atom. The molecule has 2 unspecified atom stereocenters. The lowest BCUT2D eigenvalue weighted by Crippen LogP contribution is -2.45. The fourth-order valence-corrected chi connectivity index (χ4v) is 6.96. The zero-order valence-corrected chi connectivity index (χ0v) is 42.4. The Bertz CT molecular complexity index is 1440. The maximum atomic E-state index is 12.4. The summed E-state index contributed by atoms with van der Waals surface area (Å²) in [4.78, 5) is 12.4. The quantitative estimate of drug-likeness (QED) is 0.0421. The van der Waals surface area contributed by atoms with Crippen molar-refractivity contribution in [2.24, 2.45) is 0 Å². The smallest absolute Gasteiger partial charge is 0.220 e. The molecule has 0 aromatic heterocycles. The monoisotopic (exact) mass is 906 g/mol. The van der Waals surface area contributed by atoms with Crippen LogP contribution >= 0.6 is 0 Å². The zero-order chi connectivity index (χ0) is 47.7. The number of rotatable bonds is 46. The van der Waals surface area contributed by atoms with E-state index in [1.807, 2.05) is 6.08 Å². The molecule has 0 bridgehead atoms. The van der Waals surface area contributed by atoms with Gasteiger partial charge in [0.2, 0.25) is 5.91 Å². The Balaban J connectivity index is 3.76. The van der Waals surface area contributed by atoms with Crippen LogP contribution < -0.4 is 5.32 Å². The summed E-state index contributed by atoms with van der Waals surface area (Å²) in [5, 5.41) is 23.0. The van der Waals surface area contributed by atoms with Crippen LogP contribution in [0, 0.1) is 0 Å². The van der Waals surface area contributed by atoms with Gasteiger partial charge in [-0.25, -0.2) is 0 Å². The first-order chi connectivity index (χ1) is 32.7. The third-order valence-electron chi connectivity index (χ3n) is 11.0. The number of carbonyl (C=O) groups excluding carboxylic acids is 1. The van der Waals surface area contributed by atoms with Crippen LogP contribution in [0.3, 0.4) is 0 Å². The van der Waals surface area contributed by atoms with E-state index in [4.69, 9.17) is 0 Å². The second-order valence-electron chi connectivity index (χ2n) is 17.2. The highest BCUT2D eigenvalue weighted by Gasteiger charge is 2.17. The van der Waals surface area contributed by atoms with E-state index in [0.717, 1.165) is 116 Å². The third kappa shape index (κ3) is 51.0. The molecule has 0 aliphatic carbocycles. The van der Waals surface area contributed by atoms with Gasteiger partial charge in [-0.05, 0) is 116 Å². The molecule has 4 nitrogen and oxygen atoms in total. The van der Waals surface area contributed by atoms with Crippen molar-refractivity contribution in [3.8, 4) is 0 Å². The molecule has 0 saturated carbocycles. The highest BCUT2D eigenvalue weighted by atomic mass is 16.3. The summed E-state index contributed by atoms with van der Waals surface area (Å²) < 4.78 is 0. The molecule has 0 heterocycles. The SMILES string of the molecule is CC/C=C\C/C=C\C/C=C\C/C=C\C/C=C\C/C=C\C/C=C\C/C=C\C/C=C\C/C=C\C/C=C\CCCCCC(=O)NC(CO)C(O)/C=C/CC/C=C/CCCCCCCCCCCCC. The molecule has 0 aromatic rings. The Hall–Kier alpha value is -3.99. The number of aliphatic hydroxyl groups excluding tert-OH is 2. The second-order valence-corrected chi connectivity index (χ2v) is 17.2. The van der Waals surface area contributed by atoms with Crippen molar-refractivity contribution >= 4 is 5.91 Å². The van der Waals surface area contributed by atoms with Crippen LogP contribution in [0.2, 0.25) is 0 Å². The van der Waals surface area contributed by atoms with E-state index in [1.165, 1.54) is 70.6 Å². The molecule has 66 heavy (non-hydrogen) atoms. The van der Waals surface area contributed by atoms with Gasteiger partial charge in [0.05, 0.1) is 18.8 Å². The lowest BCUT2D eigenvalue weighted by molar-refractivity contribution is -0.123. The number of unbranched alkanes of at least 4 members (excludes halogenated alkanes) is 15. The molecule has 370 valence electrons. The van der Waals surface area contributed by atoms with Gasteiger partial charge in [0.1, 0.15) is 0 Å². The van der Waals surface area contributed by atoms with Crippen molar-refractivity contribution in [2.45, 2.75) is 219 Å². The van der Waals surface area contributed by atoms with Crippen molar-refractivity contribution in [1.29, 1.82) is 0 Å². The first kappa shape index (κ1) is 62.0. The fraction of sp³-hybridized carbons (Fsp3) is 0.565. The van der Waals surface area contributed by atoms with E-state index in [-0.39, 0.29) is 12.5 Å². The molecule has 3 N–H and O–H groups in total. The van der Waals surface area contributed by atoms with Gasteiger partial charge in [0.15, 0.2) is 0 Å². The molecule has 0 fully saturated rings. The maximum absolute atomic E-state index is 12.4. The summed E-state index contributed by atoms with van der Waals surface area (Å²) >= 11 is 0. The van der Waals surface area contributed by atoms with E-state index < -0.39 is 12.1 Å². The molecule has 0 aliphatic heterocycles. The van der Waals surface area contributed by atoms with Crippen molar-refractivity contribution in [2.75, 3.05) is 6.61 Å². The summed E-state index contributed by atoms with van der Waals surface area (Å²) in [6, 6.07) is -0.669. The van der Waals surface area contributed by atoms with Gasteiger partial charge in [-0.3, -0.25) is 4.79 Å². The van der Waals surface area contributed by atoms with Gasteiger partial charge >= 0.3 is 0 Å². The average Bonchev–Trinajstić information content (AvgIpc) is 3.32. The van der Waals surface area contributed by atoms with Crippen molar-refractivity contribution in [3.63, 3.8) is 0 Å². The highest BCUT2D eigenvalue weighted by molar-refractivity contribution is 5.76. The minimum absolute atomic E-state index is 0.113. The number of hydrogen-bond donors (Lipinski definition) is 3. The molecule has 0 aromatic carbocycles. The van der Waals surface area contributed by atoms with E-state index in [9.17, 15) is 15.0 Å². The molecule has 0 radical (unpaired) electrons. The molecule has 0 rings (SSSR count). The maximum Gasteiger partial charge on any atom is 0.220 e. The van der Waals surface area contributed by atoms with Crippen LogP contribution in [0.4, 0.5) is 0 Å². The normalized spacial score (nSPS) is 14.2. The fourth-order valence-electron chi connectivity index (χ4n) is 6.96. The summed E-state index contributed by atoms with van der Waals surface area (Å²) in [5.41, 5.74) is 0. The molecular weight excluding hydrogens is 807 g/mol.